The van der Waals surface area contributed by atoms with E-state index < -0.39 is 16.8 Å². The Hall–Kier alpha value is -2.37. The van der Waals surface area contributed by atoms with E-state index in [0.29, 0.717) is 24.2 Å². The van der Waals surface area contributed by atoms with Crippen LogP contribution in [0.15, 0.2) is 29.4 Å². The number of benzene rings is 1. The highest BCUT2D eigenvalue weighted by atomic mass is 16.5. The molecule has 2 unspecified atom stereocenters. The number of hydrogen-bond donors (Lipinski definition) is 2. The Morgan fingerprint density at radius 3 is 2.48 bits per heavy atom. The number of fused-ring (bicyclic) bond motifs is 2. The molecule has 2 saturated carbocycles. The minimum atomic E-state index is -0.810. The third kappa shape index (κ3) is 2.19. The van der Waals surface area contributed by atoms with Crippen LogP contribution in [0.25, 0.3) is 0 Å². The molecule has 1 aromatic carbocycles. The smallest absolute Gasteiger partial charge is 0.310 e. The molecule has 0 spiro atoms. The van der Waals surface area contributed by atoms with Gasteiger partial charge in [-0.25, -0.2) is 5.43 Å². The van der Waals surface area contributed by atoms with Crippen LogP contribution in [0.2, 0.25) is 0 Å². The lowest BCUT2D eigenvalue weighted by Crippen LogP contribution is -2.40. The Balaban J connectivity index is 1.89. The molecule has 2 bridgehead atoms. The summed E-state index contributed by atoms with van der Waals surface area (Å²) in [6.07, 6.45) is 1.78. The van der Waals surface area contributed by atoms with Gasteiger partial charge in [0, 0.05) is 17.5 Å². The number of para-hydroxylation sites is 1. The number of ether oxygens (including phenoxy) is 1. The Morgan fingerprint density at radius 1 is 1.20 bits per heavy atom. The van der Waals surface area contributed by atoms with Gasteiger partial charge >= 0.3 is 5.97 Å². The molecule has 2 aliphatic carbocycles. The van der Waals surface area contributed by atoms with Crippen molar-refractivity contribution in [3.05, 3.63) is 29.8 Å². The summed E-state index contributed by atoms with van der Waals surface area (Å²) in [6, 6.07) is 6.92. The van der Waals surface area contributed by atoms with Gasteiger partial charge in [-0.05, 0) is 30.4 Å². The van der Waals surface area contributed by atoms with Crippen molar-refractivity contribution >= 4 is 17.6 Å². The number of hydrogen-bond acceptors (Lipinski definition) is 4. The van der Waals surface area contributed by atoms with Crippen LogP contribution in [0.4, 0.5) is 0 Å². The van der Waals surface area contributed by atoms with Gasteiger partial charge in [-0.1, -0.05) is 32.9 Å². The van der Waals surface area contributed by atoms with Crippen molar-refractivity contribution in [3.63, 3.8) is 0 Å². The van der Waals surface area contributed by atoms with Crippen molar-refractivity contribution < 1.29 is 19.4 Å². The van der Waals surface area contributed by atoms with E-state index in [-0.39, 0.29) is 11.3 Å². The molecule has 0 saturated heterocycles. The van der Waals surface area contributed by atoms with Crippen molar-refractivity contribution in [2.45, 2.75) is 40.0 Å². The predicted octanol–water partition coefficient (Wildman–Crippen LogP) is 3.08. The lowest BCUT2D eigenvalue weighted by atomic mass is 9.65. The van der Waals surface area contributed by atoms with E-state index in [4.69, 9.17) is 4.74 Å². The number of rotatable bonds is 4. The molecule has 1 aromatic rings. The highest BCUT2D eigenvalue weighted by Gasteiger charge is 2.71. The molecule has 25 heavy (non-hydrogen) atoms. The van der Waals surface area contributed by atoms with E-state index in [1.165, 1.54) is 7.11 Å². The maximum absolute atomic E-state index is 12.5. The summed E-state index contributed by atoms with van der Waals surface area (Å²) < 4.78 is 5.20. The summed E-state index contributed by atoms with van der Waals surface area (Å²) in [5.41, 5.74) is 2.19. The Morgan fingerprint density at radius 2 is 1.88 bits per heavy atom. The number of aliphatic carboxylic acids is 1. The van der Waals surface area contributed by atoms with E-state index in [1.807, 2.05) is 13.8 Å². The number of carboxylic acids is 1. The summed E-state index contributed by atoms with van der Waals surface area (Å²) in [7, 11) is 1.51. The van der Waals surface area contributed by atoms with Crippen molar-refractivity contribution in [1.29, 1.82) is 0 Å². The number of methoxy groups -OCH3 is 1. The first-order valence-corrected chi connectivity index (χ1v) is 8.43. The van der Waals surface area contributed by atoms with Gasteiger partial charge in [-0.3, -0.25) is 9.59 Å². The standard InChI is InChI=1S/C19H24N2O4/c1-17(2)18(3)9-10-19(17,16(23)24)11-14(18)20-21-15(22)12-7-5-6-8-13(12)25-4/h5-8H,9-11H2,1-4H3,(H,21,22)(H,23,24)/b20-14+. The molecule has 6 heteroatoms. The largest absolute Gasteiger partial charge is 0.496 e. The molecule has 0 aliphatic heterocycles. The molecule has 6 nitrogen and oxygen atoms in total. The quantitative estimate of drug-likeness (QED) is 0.822. The van der Waals surface area contributed by atoms with Crippen molar-refractivity contribution in [2.24, 2.45) is 21.3 Å². The summed E-state index contributed by atoms with van der Waals surface area (Å²) >= 11 is 0. The van der Waals surface area contributed by atoms with Gasteiger partial charge in [-0.15, -0.1) is 0 Å². The highest BCUT2D eigenvalue weighted by molar-refractivity contribution is 6.02. The fourth-order valence-corrected chi connectivity index (χ4v) is 4.54. The van der Waals surface area contributed by atoms with Gasteiger partial charge < -0.3 is 9.84 Å². The SMILES string of the molecule is COc1ccccc1C(=O)N/N=C1\CC2(C(=O)O)CCC1(C)C2(C)C. The number of nitrogens with one attached hydrogen (secondary N) is 1. The molecule has 2 fully saturated rings. The summed E-state index contributed by atoms with van der Waals surface area (Å²) in [5, 5.41) is 14.2. The molecular weight excluding hydrogens is 320 g/mol. The van der Waals surface area contributed by atoms with Gasteiger partial charge in [0.1, 0.15) is 5.75 Å². The van der Waals surface area contributed by atoms with Crippen molar-refractivity contribution in [3.8, 4) is 5.75 Å². The van der Waals surface area contributed by atoms with E-state index in [0.717, 1.165) is 12.1 Å². The first-order chi connectivity index (χ1) is 11.7. The lowest BCUT2D eigenvalue weighted by Gasteiger charge is -2.37. The second-order valence-corrected chi connectivity index (χ2v) is 7.72. The van der Waals surface area contributed by atoms with Gasteiger partial charge in [0.2, 0.25) is 0 Å². The number of carbonyl (C=O) groups is 2. The van der Waals surface area contributed by atoms with E-state index in [9.17, 15) is 14.7 Å². The normalized spacial score (nSPS) is 31.1. The van der Waals surface area contributed by atoms with Crippen LogP contribution >= 0.6 is 0 Å². The topological polar surface area (TPSA) is 88.0 Å². The maximum Gasteiger partial charge on any atom is 0.310 e. The predicted molar refractivity (Wildman–Crippen MR) is 93.7 cm³/mol. The molecule has 0 radical (unpaired) electrons. The zero-order chi connectivity index (χ0) is 18.5. The van der Waals surface area contributed by atoms with Gasteiger partial charge in [0.25, 0.3) is 5.91 Å². The first-order valence-electron chi connectivity index (χ1n) is 8.43. The average Bonchev–Trinajstić information content (AvgIpc) is 2.90. The van der Waals surface area contributed by atoms with E-state index in [2.05, 4.69) is 17.5 Å². The zero-order valence-electron chi connectivity index (χ0n) is 15.0. The summed E-state index contributed by atoms with van der Waals surface area (Å²) in [5.74, 6) is -0.664. The second-order valence-electron chi connectivity index (χ2n) is 7.72. The first kappa shape index (κ1) is 17.5. The van der Waals surface area contributed by atoms with Gasteiger partial charge in [0.05, 0.1) is 18.1 Å². The second kappa shape index (κ2) is 5.58. The minimum Gasteiger partial charge on any atom is -0.496 e. The molecule has 3 rings (SSSR count). The van der Waals surface area contributed by atoms with Crippen LogP contribution in [-0.4, -0.2) is 29.8 Å². The monoisotopic (exact) mass is 344 g/mol. The molecule has 0 heterocycles. The van der Waals surface area contributed by atoms with Crippen LogP contribution in [0.1, 0.15) is 50.4 Å². The van der Waals surface area contributed by atoms with E-state index in [1.54, 1.807) is 24.3 Å². The molecule has 2 atom stereocenters. The average molecular weight is 344 g/mol. The molecule has 2 aliphatic rings. The fraction of sp³-hybridized carbons (Fsp3) is 0.526. The molecule has 134 valence electrons. The third-order valence-corrected chi connectivity index (χ3v) is 6.79. The highest BCUT2D eigenvalue weighted by Crippen LogP contribution is 2.70. The van der Waals surface area contributed by atoms with Crippen LogP contribution in [0.3, 0.4) is 0 Å². The minimum absolute atomic E-state index is 0.334. The van der Waals surface area contributed by atoms with Crippen LogP contribution in [0, 0.1) is 16.2 Å². The molecule has 0 aromatic heterocycles. The fourth-order valence-electron chi connectivity index (χ4n) is 4.54. The Bertz CT molecular complexity index is 770. The molecule has 2 N–H and O–H groups in total. The van der Waals surface area contributed by atoms with Gasteiger partial charge in [0.15, 0.2) is 0 Å². The number of nitrogens with zero attached hydrogens (tertiary/aromatic N) is 1. The van der Waals surface area contributed by atoms with E-state index >= 15 is 0 Å². The van der Waals surface area contributed by atoms with Crippen molar-refractivity contribution in [1.82, 2.24) is 5.43 Å². The van der Waals surface area contributed by atoms with Crippen molar-refractivity contribution in [2.75, 3.05) is 7.11 Å². The van der Waals surface area contributed by atoms with Crippen LogP contribution < -0.4 is 10.2 Å². The molecule has 1 amide bonds. The zero-order valence-corrected chi connectivity index (χ0v) is 15.0. The van der Waals surface area contributed by atoms with Gasteiger partial charge in [-0.2, -0.15) is 5.10 Å². The Kier molecular flexibility index (Phi) is 3.89. The number of amides is 1. The summed E-state index contributed by atoms with van der Waals surface area (Å²) in [6.45, 7) is 6.05. The van der Waals surface area contributed by atoms with Crippen LogP contribution in [0.5, 0.6) is 5.75 Å². The summed E-state index contributed by atoms with van der Waals surface area (Å²) in [4.78, 5) is 24.4. The number of carbonyl (C=O) groups excluding carboxylic acids is 1. The number of carboxylic acid groups (broad SMARTS) is 1. The number of hydrazone groups is 1. The van der Waals surface area contributed by atoms with Crippen LogP contribution in [-0.2, 0) is 4.79 Å². The molecular formula is C19H24N2O4. The lowest BCUT2D eigenvalue weighted by molar-refractivity contribution is -0.154. The third-order valence-electron chi connectivity index (χ3n) is 6.79. The Labute approximate surface area is 147 Å². The maximum atomic E-state index is 12.5.